The smallest absolute Gasteiger partial charge is 0.189 e. The van der Waals surface area contributed by atoms with Gasteiger partial charge in [-0.3, -0.25) is 4.79 Å². The maximum atomic E-state index is 11.4. The Labute approximate surface area is 75.2 Å². The summed E-state index contributed by atoms with van der Waals surface area (Å²) in [7, 11) is 0. The monoisotopic (exact) mass is 174 g/mol. The summed E-state index contributed by atoms with van der Waals surface area (Å²) in [5.74, 6) is 0. The van der Waals surface area contributed by atoms with Crippen molar-refractivity contribution < 1.29 is 0 Å². The predicted molar refractivity (Wildman–Crippen MR) is 52.5 cm³/mol. The van der Waals surface area contributed by atoms with E-state index in [0.717, 1.165) is 11.1 Å². The van der Waals surface area contributed by atoms with Crippen molar-refractivity contribution in [2.24, 2.45) is 5.73 Å². The van der Waals surface area contributed by atoms with Crippen LogP contribution in [-0.2, 0) is 6.54 Å². The van der Waals surface area contributed by atoms with E-state index in [1.807, 2.05) is 12.1 Å². The second kappa shape index (κ2) is 3.03. The molecule has 0 amide bonds. The highest BCUT2D eigenvalue weighted by Gasteiger charge is 2.00. The van der Waals surface area contributed by atoms with Crippen LogP contribution in [-0.4, -0.2) is 4.98 Å². The molecule has 0 aliphatic heterocycles. The molecule has 3 heteroatoms. The van der Waals surface area contributed by atoms with Crippen LogP contribution in [0, 0.1) is 0 Å². The molecule has 2 aromatic rings. The van der Waals surface area contributed by atoms with Gasteiger partial charge in [0, 0.05) is 24.2 Å². The molecular formula is C10H10N2O. The Bertz CT molecular complexity index is 487. The molecule has 0 saturated carbocycles. The van der Waals surface area contributed by atoms with Crippen LogP contribution in [0.5, 0.6) is 0 Å². The number of benzene rings is 1. The summed E-state index contributed by atoms with van der Waals surface area (Å²) in [6.07, 6.45) is 1.64. The third-order valence-electron chi connectivity index (χ3n) is 2.10. The number of nitrogens with one attached hydrogen (secondary N) is 1. The third kappa shape index (κ3) is 1.23. The fourth-order valence-electron chi connectivity index (χ4n) is 1.44. The van der Waals surface area contributed by atoms with E-state index in [0.29, 0.717) is 11.9 Å². The first kappa shape index (κ1) is 8.01. The predicted octanol–water partition coefficient (Wildman–Crippen LogP) is 0.987. The van der Waals surface area contributed by atoms with E-state index in [9.17, 15) is 4.79 Å². The van der Waals surface area contributed by atoms with E-state index in [-0.39, 0.29) is 5.43 Å². The van der Waals surface area contributed by atoms with E-state index in [2.05, 4.69) is 4.98 Å². The molecule has 66 valence electrons. The first-order chi connectivity index (χ1) is 6.33. The highest BCUT2D eigenvalue weighted by molar-refractivity contribution is 5.81. The molecule has 13 heavy (non-hydrogen) atoms. The van der Waals surface area contributed by atoms with Crippen molar-refractivity contribution in [3.05, 3.63) is 46.2 Å². The Morgan fingerprint density at radius 3 is 2.92 bits per heavy atom. The van der Waals surface area contributed by atoms with Crippen molar-refractivity contribution in [3.8, 4) is 0 Å². The van der Waals surface area contributed by atoms with Gasteiger partial charge < -0.3 is 10.7 Å². The van der Waals surface area contributed by atoms with Crippen LogP contribution in [0.2, 0.25) is 0 Å². The minimum absolute atomic E-state index is 0.0315. The number of aromatic amines is 1. The number of hydrogen-bond acceptors (Lipinski definition) is 2. The van der Waals surface area contributed by atoms with Gasteiger partial charge in [0.05, 0.1) is 5.52 Å². The molecule has 0 atom stereocenters. The molecule has 0 radical (unpaired) electrons. The largest absolute Gasteiger partial charge is 0.361 e. The quantitative estimate of drug-likeness (QED) is 0.677. The Morgan fingerprint density at radius 2 is 2.15 bits per heavy atom. The fraction of sp³-hybridized carbons (Fsp3) is 0.100. The summed E-state index contributed by atoms with van der Waals surface area (Å²) < 4.78 is 0. The first-order valence-corrected chi connectivity index (χ1v) is 4.12. The Kier molecular flexibility index (Phi) is 1.87. The van der Waals surface area contributed by atoms with Crippen molar-refractivity contribution in [2.75, 3.05) is 0 Å². The summed E-state index contributed by atoms with van der Waals surface area (Å²) in [4.78, 5) is 14.4. The van der Waals surface area contributed by atoms with Crippen LogP contribution in [0.4, 0.5) is 0 Å². The van der Waals surface area contributed by atoms with Gasteiger partial charge in [0.15, 0.2) is 5.43 Å². The van der Waals surface area contributed by atoms with Gasteiger partial charge in [-0.1, -0.05) is 12.1 Å². The molecule has 0 fully saturated rings. The lowest BCUT2D eigenvalue weighted by atomic mass is 10.1. The number of fused-ring (bicyclic) bond motifs is 1. The molecular weight excluding hydrogens is 164 g/mol. The summed E-state index contributed by atoms with van der Waals surface area (Å²) in [6.45, 7) is 0.442. The molecule has 2 rings (SSSR count). The maximum absolute atomic E-state index is 11.4. The zero-order chi connectivity index (χ0) is 9.26. The minimum atomic E-state index is 0.0315. The minimum Gasteiger partial charge on any atom is -0.361 e. The van der Waals surface area contributed by atoms with Crippen LogP contribution >= 0.6 is 0 Å². The summed E-state index contributed by atoms with van der Waals surface area (Å²) >= 11 is 0. The Morgan fingerprint density at radius 1 is 1.31 bits per heavy atom. The number of hydrogen-bond donors (Lipinski definition) is 2. The second-order valence-corrected chi connectivity index (χ2v) is 2.89. The molecule has 0 aliphatic carbocycles. The van der Waals surface area contributed by atoms with Crippen LogP contribution in [0.3, 0.4) is 0 Å². The number of H-pyrrole nitrogens is 1. The van der Waals surface area contributed by atoms with Crippen LogP contribution in [0.25, 0.3) is 10.9 Å². The molecule has 1 aromatic carbocycles. The molecule has 1 heterocycles. The summed E-state index contributed by atoms with van der Waals surface area (Å²) in [5.41, 5.74) is 7.39. The van der Waals surface area contributed by atoms with E-state index >= 15 is 0 Å². The molecule has 3 N–H and O–H groups in total. The lowest BCUT2D eigenvalue weighted by Crippen LogP contribution is -2.04. The van der Waals surface area contributed by atoms with E-state index in [1.165, 1.54) is 6.07 Å². The van der Waals surface area contributed by atoms with Gasteiger partial charge >= 0.3 is 0 Å². The zero-order valence-corrected chi connectivity index (χ0v) is 7.08. The highest BCUT2D eigenvalue weighted by atomic mass is 16.1. The first-order valence-electron chi connectivity index (χ1n) is 4.12. The topological polar surface area (TPSA) is 58.9 Å². The molecule has 0 saturated heterocycles. The van der Waals surface area contributed by atoms with Crippen molar-refractivity contribution in [1.29, 1.82) is 0 Å². The summed E-state index contributed by atoms with van der Waals surface area (Å²) in [5, 5.41) is 0.699. The van der Waals surface area contributed by atoms with Gasteiger partial charge in [0.25, 0.3) is 0 Å². The van der Waals surface area contributed by atoms with Gasteiger partial charge in [0.1, 0.15) is 0 Å². The Hall–Kier alpha value is -1.61. The third-order valence-corrected chi connectivity index (χ3v) is 2.10. The highest BCUT2D eigenvalue weighted by Crippen LogP contribution is 2.11. The van der Waals surface area contributed by atoms with Crippen LogP contribution in [0.1, 0.15) is 5.56 Å². The van der Waals surface area contributed by atoms with E-state index < -0.39 is 0 Å². The number of rotatable bonds is 1. The van der Waals surface area contributed by atoms with Gasteiger partial charge in [-0.2, -0.15) is 0 Å². The molecule has 1 aromatic heterocycles. The van der Waals surface area contributed by atoms with E-state index in [4.69, 9.17) is 5.73 Å². The molecule has 0 unspecified atom stereocenters. The number of nitrogens with two attached hydrogens (primary N) is 1. The van der Waals surface area contributed by atoms with Crippen molar-refractivity contribution >= 4 is 10.9 Å². The Balaban J connectivity index is 2.92. The van der Waals surface area contributed by atoms with Gasteiger partial charge in [-0.05, 0) is 11.6 Å². The fourth-order valence-corrected chi connectivity index (χ4v) is 1.44. The number of aromatic nitrogens is 1. The van der Waals surface area contributed by atoms with Crippen LogP contribution < -0.4 is 11.2 Å². The van der Waals surface area contributed by atoms with E-state index in [1.54, 1.807) is 12.3 Å². The molecule has 0 bridgehead atoms. The van der Waals surface area contributed by atoms with Gasteiger partial charge in [-0.15, -0.1) is 0 Å². The SMILES string of the molecule is NCc1cccc2c(=O)cc[nH]c12. The molecule has 0 aliphatic rings. The maximum Gasteiger partial charge on any atom is 0.189 e. The lowest BCUT2D eigenvalue weighted by Gasteiger charge is -2.01. The zero-order valence-electron chi connectivity index (χ0n) is 7.08. The van der Waals surface area contributed by atoms with Crippen molar-refractivity contribution in [1.82, 2.24) is 4.98 Å². The normalized spacial score (nSPS) is 10.5. The van der Waals surface area contributed by atoms with Gasteiger partial charge in [-0.25, -0.2) is 0 Å². The van der Waals surface area contributed by atoms with Gasteiger partial charge in [0.2, 0.25) is 0 Å². The summed E-state index contributed by atoms with van der Waals surface area (Å²) in [6, 6.07) is 7.08. The number of pyridine rings is 1. The average Bonchev–Trinajstić information content (AvgIpc) is 2.18. The molecule has 3 nitrogen and oxygen atoms in total. The standard InChI is InChI=1S/C10H10N2O/c11-6-7-2-1-3-8-9(13)4-5-12-10(7)8/h1-5H,6,11H2,(H,12,13). The molecule has 0 spiro atoms. The number of para-hydroxylation sites is 1. The van der Waals surface area contributed by atoms with Crippen molar-refractivity contribution in [3.63, 3.8) is 0 Å². The average molecular weight is 174 g/mol. The van der Waals surface area contributed by atoms with Crippen molar-refractivity contribution in [2.45, 2.75) is 6.54 Å². The van der Waals surface area contributed by atoms with Crippen LogP contribution in [0.15, 0.2) is 35.3 Å². The lowest BCUT2D eigenvalue weighted by molar-refractivity contribution is 1.08. The second-order valence-electron chi connectivity index (χ2n) is 2.89.